The molecule has 20 heavy (non-hydrogen) atoms. The second kappa shape index (κ2) is 8.82. The van der Waals surface area contributed by atoms with E-state index in [1.165, 1.54) is 0 Å². The Kier molecular flexibility index (Phi) is 7.41. The first-order valence-corrected chi connectivity index (χ1v) is 7.25. The number of aliphatic hydroxyl groups is 1. The topological polar surface area (TPSA) is 50.7 Å². The second-order valence-electron chi connectivity index (χ2n) is 5.27. The fraction of sp³-hybridized carbons (Fsp3) is 0.625. The molecule has 0 aliphatic rings. The number of nitrogens with one attached hydrogen (secondary N) is 1. The minimum Gasteiger partial charge on any atom is -0.493 e. The van der Waals surface area contributed by atoms with Gasteiger partial charge in [-0.05, 0) is 25.3 Å². The van der Waals surface area contributed by atoms with E-state index in [1.807, 2.05) is 25.1 Å². The van der Waals surface area contributed by atoms with E-state index in [0.717, 1.165) is 23.5 Å². The minimum atomic E-state index is 0.107. The molecule has 0 amide bonds. The van der Waals surface area contributed by atoms with E-state index in [0.29, 0.717) is 19.1 Å². The third-order valence-corrected chi connectivity index (χ3v) is 3.12. The third-order valence-electron chi connectivity index (χ3n) is 3.12. The van der Waals surface area contributed by atoms with Crippen LogP contribution in [0.4, 0.5) is 0 Å². The first-order valence-electron chi connectivity index (χ1n) is 7.25. The average Bonchev–Trinajstić information content (AvgIpc) is 2.43. The normalized spacial score (nSPS) is 12.5. The molecule has 0 aliphatic heterocycles. The summed E-state index contributed by atoms with van der Waals surface area (Å²) in [6.45, 7) is 7.67. The molecular weight excluding hydrogens is 254 g/mol. The van der Waals surface area contributed by atoms with E-state index < -0.39 is 0 Å². The number of hydrogen-bond acceptors (Lipinski definition) is 4. The van der Waals surface area contributed by atoms with Gasteiger partial charge in [-0.1, -0.05) is 26.0 Å². The van der Waals surface area contributed by atoms with E-state index in [1.54, 1.807) is 7.11 Å². The Balaban J connectivity index is 2.73. The van der Waals surface area contributed by atoms with Gasteiger partial charge in [0.25, 0.3) is 0 Å². The summed E-state index contributed by atoms with van der Waals surface area (Å²) in [6, 6.07) is 5.98. The van der Waals surface area contributed by atoms with Crippen LogP contribution in [0.3, 0.4) is 0 Å². The smallest absolute Gasteiger partial charge is 0.165 e. The molecule has 2 N–H and O–H groups in total. The zero-order valence-corrected chi connectivity index (χ0v) is 13.0. The van der Waals surface area contributed by atoms with Gasteiger partial charge in [0.1, 0.15) is 0 Å². The lowest BCUT2D eigenvalue weighted by Crippen LogP contribution is -2.33. The highest BCUT2D eigenvalue weighted by Crippen LogP contribution is 2.31. The fourth-order valence-electron chi connectivity index (χ4n) is 2.25. The molecule has 1 rings (SSSR count). The summed E-state index contributed by atoms with van der Waals surface area (Å²) in [5.74, 6) is 2.08. The molecule has 0 saturated carbocycles. The van der Waals surface area contributed by atoms with Gasteiger partial charge in [-0.25, -0.2) is 0 Å². The molecule has 1 atom stereocenters. The van der Waals surface area contributed by atoms with Crippen molar-refractivity contribution in [2.75, 3.05) is 20.3 Å². The summed E-state index contributed by atoms with van der Waals surface area (Å²) in [4.78, 5) is 0. The first-order chi connectivity index (χ1) is 9.62. The van der Waals surface area contributed by atoms with Crippen molar-refractivity contribution in [3.8, 4) is 11.5 Å². The molecule has 0 aliphatic carbocycles. The summed E-state index contributed by atoms with van der Waals surface area (Å²) in [7, 11) is 1.65. The summed E-state index contributed by atoms with van der Waals surface area (Å²) >= 11 is 0. The lowest BCUT2D eigenvalue weighted by Gasteiger charge is -2.20. The van der Waals surface area contributed by atoms with Crippen LogP contribution in [0.5, 0.6) is 11.5 Å². The van der Waals surface area contributed by atoms with Crippen molar-refractivity contribution in [2.45, 2.75) is 39.8 Å². The van der Waals surface area contributed by atoms with Crippen molar-refractivity contribution in [1.82, 2.24) is 5.32 Å². The van der Waals surface area contributed by atoms with Crippen molar-refractivity contribution in [3.05, 3.63) is 23.8 Å². The molecule has 1 aromatic rings. The Morgan fingerprint density at radius 1 is 1.30 bits per heavy atom. The van der Waals surface area contributed by atoms with Crippen molar-refractivity contribution >= 4 is 0 Å². The van der Waals surface area contributed by atoms with Gasteiger partial charge in [-0.3, -0.25) is 0 Å². The van der Waals surface area contributed by atoms with E-state index in [4.69, 9.17) is 9.47 Å². The molecule has 0 bridgehead atoms. The largest absolute Gasteiger partial charge is 0.493 e. The van der Waals surface area contributed by atoms with Crippen LogP contribution in [0.25, 0.3) is 0 Å². The number of para-hydroxylation sites is 1. The minimum absolute atomic E-state index is 0.107. The Morgan fingerprint density at radius 2 is 2.05 bits per heavy atom. The maximum Gasteiger partial charge on any atom is 0.165 e. The van der Waals surface area contributed by atoms with Gasteiger partial charge in [-0.2, -0.15) is 0 Å². The van der Waals surface area contributed by atoms with Crippen molar-refractivity contribution in [1.29, 1.82) is 0 Å². The van der Waals surface area contributed by atoms with Crippen molar-refractivity contribution in [3.63, 3.8) is 0 Å². The van der Waals surface area contributed by atoms with E-state index in [9.17, 15) is 5.11 Å². The monoisotopic (exact) mass is 281 g/mol. The highest BCUT2D eigenvalue weighted by molar-refractivity contribution is 5.46. The lowest BCUT2D eigenvalue weighted by molar-refractivity contribution is 0.223. The van der Waals surface area contributed by atoms with Gasteiger partial charge in [0.05, 0.1) is 20.3 Å². The lowest BCUT2D eigenvalue weighted by atomic mass is 10.0. The molecule has 1 aromatic carbocycles. The summed E-state index contributed by atoms with van der Waals surface area (Å²) in [5.41, 5.74) is 1.04. The van der Waals surface area contributed by atoms with Crippen LogP contribution < -0.4 is 14.8 Å². The van der Waals surface area contributed by atoms with Crippen LogP contribution in [0.2, 0.25) is 0 Å². The summed E-state index contributed by atoms with van der Waals surface area (Å²) < 4.78 is 11.0. The number of benzene rings is 1. The number of aliphatic hydroxyl groups excluding tert-OH is 1. The van der Waals surface area contributed by atoms with Crippen LogP contribution in [-0.4, -0.2) is 31.5 Å². The van der Waals surface area contributed by atoms with Crippen molar-refractivity contribution < 1.29 is 14.6 Å². The predicted molar refractivity (Wildman–Crippen MR) is 81.3 cm³/mol. The molecule has 0 aromatic heterocycles. The number of methoxy groups -OCH3 is 1. The maximum absolute atomic E-state index is 9.40. The Hall–Kier alpha value is -1.26. The van der Waals surface area contributed by atoms with E-state index >= 15 is 0 Å². The summed E-state index contributed by atoms with van der Waals surface area (Å²) in [6.07, 6.45) is 0.948. The molecule has 0 spiro atoms. The van der Waals surface area contributed by atoms with Crippen LogP contribution in [0.1, 0.15) is 32.8 Å². The molecule has 1 unspecified atom stereocenters. The molecule has 4 nitrogen and oxygen atoms in total. The standard InChI is InChI=1S/C16H27NO3/c1-5-20-15-8-6-7-13(16(15)19-4)10-17-14(11-18)9-12(2)3/h6-8,12,14,17-18H,5,9-11H2,1-4H3. The highest BCUT2D eigenvalue weighted by Gasteiger charge is 2.13. The van der Waals surface area contributed by atoms with Gasteiger partial charge >= 0.3 is 0 Å². The number of hydrogen-bond donors (Lipinski definition) is 2. The fourth-order valence-corrected chi connectivity index (χ4v) is 2.25. The molecule has 114 valence electrons. The molecular formula is C16H27NO3. The molecule has 0 heterocycles. The number of rotatable bonds is 9. The SMILES string of the molecule is CCOc1cccc(CNC(CO)CC(C)C)c1OC. The first kappa shape index (κ1) is 16.8. The van der Waals surface area contributed by atoms with Gasteiger partial charge in [-0.15, -0.1) is 0 Å². The van der Waals surface area contributed by atoms with Crippen LogP contribution in [-0.2, 0) is 6.54 Å². The zero-order valence-electron chi connectivity index (χ0n) is 13.0. The molecule has 0 fully saturated rings. The van der Waals surface area contributed by atoms with Crippen LogP contribution in [0, 0.1) is 5.92 Å². The highest BCUT2D eigenvalue weighted by atomic mass is 16.5. The predicted octanol–water partition coefficient (Wildman–Crippen LogP) is 2.59. The number of ether oxygens (including phenoxy) is 2. The molecule has 4 heteroatoms. The summed E-state index contributed by atoms with van der Waals surface area (Å²) in [5, 5.41) is 12.8. The molecule has 0 radical (unpaired) electrons. The van der Waals surface area contributed by atoms with Gasteiger partial charge in [0, 0.05) is 18.2 Å². The van der Waals surface area contributed by atoms with E-state index in [2.05, 4.69) is 19.2 Å². The third kappa shape index (κ3) is 5.02. The molecule has 0 saturated heterocycles. The van der Waals surface area contributed by atoms with E-state index in [-0.39, 0.29) is 12.6 Å². The van der Waals surface area contributed by atoms with Gasteiger partial charge < -0.3 is 19.9 Å². The quantitative estimate of drug-likeness (QED) is 0.730. The zero-order chi connectivity index (χ0) is 15.0. The Labute approximate surface area is 122 Å². The Bertz CT molecular complexity index is 393. The van der Waals surface area contributed by atoms with Crippen LogP contribution >= 0.6 is 0 Å². The maximum atomic E-state index is 9.40. The van der Waals surface area contributed by atoms with Crippen molar-refractivity contribution in [2.24, 2.45) is 5.92 Å². The van der Waals surface area contributed by atoms with Gasteiger partial charge in [0.2, 0.25) is 0 Å². The second-order valence-corrected chi connectivity index (χ2v) is 5.27. The van der Waals surface area contributed by atoms with Crippen LogP contribution in [0.15, 0.2) is 18.2 Å². The Morgan fingerprint density at radius 3 is 2.60 bits per heavy atom. The van der Waals surface area contributed by atoms with Gasteiger partial charge in [0.15, 0.2) is 11.5 Å². The average molecular weight is 281 g/mol.